The maximum atomic E-state index is 12.1. The van der Waals surface area contributed by atoms with Crippen LogP contribution in [0.25, 0.3) is 0 Å². The second kappa shape index (κ2) is 9.55. The molecule has 0 heterocycles. The Kier molecular flexibility index (Phi) is 6.63. The first-order chi connectivity index (χ1) is 14.0. The first-order valence-electron chi connectivity index (χ1n) is 9.31. The molecular formula is C24H24N2O3. The number of aryl methyl sites for hydroxylation is 2. The lowest BCUT2D eigenvalue weighted by molar-refractivity contribution is -0.118. The molecule has 0 unspecified atom stereocenters. The third-order valence-electron chi connectivity index (χ3n) is 4.24. The summed E-state index contributed by atoms with van der Waals surface area (Å²) >= 11 is 0. The maximum absolute atomic E-state index is 12.1. The van der Waals surface area contributed by atoms with E-state index >= 15 is 0 Å². The second-order valence-corrected chi connectivity index (χ2v) is 6.71. The summed E-state index contributed by atoms with van der Waals surface area (Å²) in [7, 11) is 1.57. The fourth-order valence-electron chi connectivity index (χ4n) is 2.73. The Morgan fingerprint density at radius 1 is 0.966 bits per heavy atom. The van der Waals surface area contributed by atoms with Crippen molar-refractivity contribution in [3.8, 4) is 11.5 Å². The van der Waals surface area contributed by atoms with Crippen LogP contribution >= 0.6 is 0 Å². The molecule has 0 fully saturated rings. The topological polar surface area (TPSA) is 59.9 Å². The largest absolute Gasteiger partial charge is 0.493 e. The molecule has 29 heavy (non-hydrogen) atoms. The Bertz CT molecular complexity index is 1010. The van der Waals surface area contributed by atoms with Gasteiger partial charge >= 0.3 is 0 Å². The first-order valence-corrected chi connectivity index (χ1v) is 9.31. The highest BCUT2D eigenvalue weighted by molar-refractivity contribution is 5.92. The molecule has 3 aromatic carbocycles. The number of hydrogen-bond acceptors (Lipinski definition) is 4. The molecular weight excluding hydrogens is 364 g/mol. The van der Waals surface area contributed by atoms with Gasteiger partial charge in [-0.15, -0.1) is 0 Å². The fourth-order valence-corrected chi connectivity index (χ4v) is 2.73. The van der Waals surface area contributed by atoms with E-state index in [1.165, 1.54) is 5.56 Å². The third-order valence-corrected chi connectivity index (χ3v) is 4.24. The zero-order valence-electron chi connectivity index (χ0n) is 16.8. The molecule has 3 rings (SSSR count). The molecule has 3 aromatic rings. The summed E-state index contributed by atoms with van der Waals surface area (Å²) in [6.07, 6.45) is 1.77. The number of ether oxygens (including phenoxy) is 2. The van der Waals surface area contributed by atoms with Gasteiger partial charge in [0.1, 0.15) is 0 Å². The molecule has 0 aliphatic carbocycles. The van der Waals surface area contributed by atoms with Gasteiger partial charge in [-0.25, -0.2) is 0 Å². The number of nitrogens with one attached hydrogen (secondary N) is 1. The van der Waals surface area contributed by atoms with E-state index < -0.39 is 0 Å². The van der Waals surface area contributed by atoms with Crippen LogP contribution in [0, 0.1) is 13.8 Å². The molecule has 0 bridgehead atoms. The molecule has 0 atom stereocenters. The molecule has 5 heteroatoms. The van der Waals surface area contributed by atoms with E-state index in [9.17, 15) is 4.79 Å². The van der Waals surface area contributed by atoms with Crippen LogP contribution in [-0.4, -0.2) is 25.8 Å². The average molecular weight is 388 g/mol. The lowest BCUT2D eigenvalue weighted by Gasteiger charge is -2.11. The molecule has 0 saturated heterocycles. The van der Waals surface area contributed by atoms with Gasteiger partial charge in [0.15, 0.2) is 18.1 Å². The predicted octanol–water partition coefficient (Wildman–Crippen LogP) is 5.08. The summed E-state index contributed by atoms with van der Waals surface area (Å²) < 4.78 is 11.0. The number of anilines is 1. The summed E-state index contributed by atoms with van der Waals surface area (Å²) in [6.45, 7) is 3.90. The van der Waals surface area contributed by atoms with Crippen LogP contribution in [-0.2, 0) is 4.79 Å². The van der Waals surface area contributed by atoms with E-state index in [4.69, 9.17) is 9.47 Å². The molecule has 0 aliphatic rings. The van der Waals surface area contributed by atoms with Crippen LogP contribution in [0.5, 0.6) is 11.5 Å². The van der Waals surface area contributed by atoms with Gasteiger partial charge in [0, 0.05) is 11.9 Å². The zero-order valence-corrected chi connectivity index (χ0v) is 16.8. The minimum Gasteiger partial charge on any atom is -0.493 e. The highest BCUT2D eigenvalue weighted by Gasteiger charge is 2.09. The van der Waals surface area contributed by atoms with Gasteiger partial charge in [0.05, 0.1) is 12.8 Å². The van der Waals surface area contributed by atoms with Crippen LogP contribution in [0.4, 0.5) is 11.4 Å². The van der Waals surface area contributed by atoms with Gasteiger partial charge in [-0.1, -0.05) is 29.8 Å². The summed E-state index contributed by atoms with van der Waals surface area (Å²) in [5.41, 5.74) is 4.77. The van der Waals surface area contributed by atoms with E-state index in [1.54, 1.807) is 19.4 Å². The predicted molar refractivity (Wildman–Crippen MR) is 117 cm³/mol. The number of rotatable bonds is 7. The lowest BCUT2D eigenvalue weighted by Crippen LogP contribution is -2.20. The van der Waals surface area contributed by atoms with Crippen LogP contribution in [0.15, 0.2) is 71.7 Å². The molecule has 5 nitrogen and oxygen atoms in total. The molecule has 148 valence electrons. The number of methoxy groups -OCH3 is 1. The fraction of sp³-hybridized carbons (Fsp3) is 0.167. The number of nitrogens with zero attached hydrogens (tertiary/aromatic N) is 1. The highest BCUT2D eigenvalue weighted by Crippen LogP contribution is 2.28. The number of carbonyl (C=O) groups excluding carboxylic acids is 1. The summed E-state index contributed by atoms with van der Waals surface area (Å²) in [4.78, 5) is 16.6. The van der Waals surface area contributed by atoms with Crippen molar-refractivity contribution in [2.75, 3.05) is 19.0 Å². The molecule has 0 aliphatic heterocycles. The Balaban J connectivity index is 1.62. The summed E-state index contributed by atoms with van der Waals surface area (Å²) in [5, 5.41) is 2.82. The van der Waals surface area contributed by atoms with Gasteiger partial charge < -0.3 is 14.8 Å². The highest BCUT2D eigenvalue weighted by atomic mass is 16.5. The zero-order chi connectivity index (χ0) is 20.6. The Morgan fingerprint density at radius 3 is 2.48 bits per heavy atom. The molecule has 0 aromatic heterocycles. The van der Waals surface area contributed by atoms with E-state index in [-0.39, 0.29) is 12.5 Å². The van der Waals surface area contributed by atoms with E-state index in [1.807, 2.05) is 74.5 Å². The molecule has 1 amide bonds. The van der Waals surface area contributed by atoms with Crippen molar-refractivity contribution < 1.29 is 14.3 Å². The van der Waals surface area contributed by atoms with Crippen molar-refractivity contribution in [2.24, 2.45) is 4.99 Å². The lowest BCUT2D eigenvalue weighted by atomic mass is 10.2. The van der Waals surface area contributed by atoms with Crippen molar-refractivity contribution >= 4 is 23.5 Å². The SMILES string of the molecule is COc1cc(C=Nc2ccc(C)cc2)ccc1OCC(=O)Nc1cccc(C)c1. The minimum absolute atomic E-state index is 0.110. The number of carbonyl (C=O) groups is 1. The smallest absolute Gasteiger partial charge is 0.262 e. The average Bonchev–Trinajstić information content (AvgIpc) is 2.72. The summed E-state index contributed by atoms with van der Waals surface area (Å²) in [6, 6.07) is 21.0. The second-order valence-electron chi connectivity index (χ2n) is 6.71. The Morgan fingerprint density at radius 2 is 1.76 bits per heavy atom. The van der Waals surface area contributed by atoms with Gasteiger partial charge in [0.25, 0.3) is 5.91 Å². The van der Waals surface area contributed by atoms with Crippen molar-refractivity contribution in [3.05, 3.63) is 83.4 Å². The van der Waals surface area contributed by atoms with Crippen molar-refractivity contribution in [3.63, 3.8) is 0 Å². The van der Waals surface area contributed by atoms with Crippen molar-refractivity contribution in [2.45, 2.75) is 13.8 Å². The molecule has 0 spiro atoms. The first kappa shape index (κ1) is 20.1. The van der Waals surface area contributed by atoms with Crippen LogP contribution in [0.1, 0.15) is 16.7 Å². The molecule has 0 radical (unpaired) electrons. The van der Waals surface area contributed by atoms with Gasteiger partial charge in [-0.2, -0.15) is 0 Å². The standard InChI is InChI=1S/C24H24N2O3/c1-17-7-10-20(11-8-17)25-15-19-9-12-22(23(14-19)28-3)29-16-24(27)26-21-6-4-5-18(2)13-21/h4-15H,16H2,1-3H3,(H,26,27). The Labute approximate surface area is 171 Å². The van der Waals surface area contributed by atoms with Crippen molar-refractivity contribution in [1.82, 2.24) is 0 Å². The number of amides is 1. The van der Waals surface area contributed by atoms with Crippen LogP contribution < -0.4 is 14.8 Å². The molecule has 1 N–H and O–H groups in total. The molecule has 0 saturated carbocycles. The summed E-state index contributed by atoms with van der Waals surface area (Å²) in [5.74, 6) is 0.809. The van der Waals surface area contributed by atoms with Crippen LogP contribution in [0.2, 0.25) is 0 Å². The number of hydrogen-bond donors (Lipinski definition) is 1. The Hall–Kier alpha value is -3.60. The minimum atomic E-state index is -0.234. The normalized spacial score (nSPS) is 10.7. The van der Waals surface area contributed by atoms with Gasteiger partial charge in [0.2, 0.25) is 0 Å². The van der Waals surface area contributed by atoms with Gasteiger partial charge in [-0.3, -0.25) is 9.79 Å². The monoisotopic (exact) mass is 388 g/mol. The third kappa shape index (κ3) is 5.94. The maximum Gasteiger partial charge on any atom is 0.262 e. The quantitative estimate of drug-likeness (QED) is 0.574. The number of aliphatic imine (C=N–C) groups is 1. The van der Waals surface area contributed by atoms with E-state index in [2.05, 4.69) is 10.3 Å². The van der Waals surface area contributed by atoms with Crippen LogP contribution in [0.3, 0.4) is 0 Å². The van der Waals surface area contributed by atoms with E-state index in [0.29, 0.717) is 11.5 Å². The van der Waals surface area contributed by atoms with E-state index in [0.717, 1.165) is 22.5 Å². The van der Waals surface area contributed by atoms with Gasteiger partial charge in [-0.05, 0) is 67.4 Å². The number of benzene rings is 3. The van der Waals surface area contributed by atoms with Crippen molar-refractivity contribution in [1.29, 1.82) is 0 Å².